The van der Waals surface area contributed by atoms with Gasteiger partial charge >= 0.3 is 0 Å². The van der Waals surface area contributed by atoms with E-state index < -0.39 is 0 Å². The van der Waals surface area contributed by atoms with Crippen LogP contribution in [0.5, 0.6) is 0 Å². The number of aromatic amines is 1. The average Bonchev–Trinajstić information content (AvgIpc) is 3.40. The second-order valence-electron chi connectivity index (χ2n) is 7.89. The van der Waals surface area contributed by atoms with Crippen molar-refractivity contribution in [3.8, 4) is 11.5 Å². The van der Waals surface area contributed by atoms with Crippen molar-refractivity contribution in [2.75, 3.05) is 11.4 Å². The number of benzene rings is 2. The highest BCUT2D eigenvalue weighted by atomic mass is 16.5. The quantitative estimate of drug-likeness (QED) is 0.555. The molecule has 2 aromatic heterocycles. The summed E-state index contributed by atoms with van der Waals surface area (Å²) in [6.07, 6.45) is 2.29. The normalized spacial score (nSPS) is 16.9. The molecular weight excluding hydrogens is 364 g/mol. The molecule has 146 valence electrons. The van der Waals surface area contributed by atoms with Gasteiger partial charge < -0.3 is 14.4 Å². The number of aryl methyl sites for hydroxylation is 3. The molecule has 2 aromatic carbocycles. The van der Waals surface area contributed by atoms with Crippen molar-refractivity contribution in [2.24, 2.45) is 0 Å². The Balaban J connectivity index is 1.42. The van der Waals surface area contributed by atoms with Gasteiger partial charge in [-0.3, -0.25) is 4.79 Å². The van der Waals surface area contributed by atoms with Gasteiger partial charge in [0.1, 0.15) is 0 Å². The van der Waals surface area contributed by atoms with Gasteiger partial charge in [0.2, 0.25) is 5.91 Å². The van der Waals surface area contributed by atoms with Crippen LogP contribution in [0, 0.1) is 20.8 Å². The molecule has 6 nitrogen and oxygen atoms in total. The summed E-state index contributed by atoms with van der Waals surface area (Å²) in [7, 11) is 0. The van der Waals surface area contributed by atoms with Crippen LogP contribution in [0.15, 0.2) is 47.1 Å². The molecule has 1 aliphatic heterocycles. The topological polar surface area (TPSA) is 75.0 Å². The van der Waals surface area contributed by atoms with Crippen LogP contribution in [-0.2, 0) is 4.79 Å². The zero-order valence-electron chi connectivity index (χ0n) is 16.7. The summed E-state index contributed by atoms with van der Waals surface area (Å²) < 4.78 is 5.52. The van der Waals surface area contributed by atoms with Crippen molar-refractivity contribution in [3.05, 3.63) is 65.1 Å². The molecule has 1 amide bonds. The van der Waals surface area contributed by atoms with E-state index >= 15 is 0 Å². The van der Waals surface area contributed by atoms with Gasteiger partial charge in [0, 0.05) is 41.8 Å². The fourth-order valence-corrected chi connectivity index (χ4v) is 4.39. The summed E-state index contributed by atoms with van der Waals surface area (Å²) in [6.45, 7) is 6.75. The van der Waals surface area contributed by atoms with Gasteiger partial charge in [-0.15, -0.1) is 0 Å². The molecule has 0 spiro atoms. The SMILES string of the molecule is Cc1cc(C)c(N2CC(c3noc(-c4ccc5cc[nH]c5c4)n3)CC2=O)c(C)c1. The number of nitrogens with one attached hydrogen (secondary N) is 1. The van der Waals surface area contributed by atoms with Crippen molar-refractivity contribution in [2.45, 2.75) is 33.1 Å². The highest BCUT2D eigenvalue weighted by molar-refractivity contribution is 5.98. The fourth-order valence-electron chi connectivity index (χ4n) is 4.39. The molecule has 0 saturated carbocycles. The highest BCUT2D eigenvalue weighted by Gasteiger charge is 2.35. The first kappa shape index (κ1) is 17.7. The minimum atomic E-state index is -0.0747. The monoisotopic (exact) mass is 386 g/mol. The van der Waals surface area contributed by atoms with Crippen molar-refractivity contribution < 1.29 is 9.32 Å². The maximum absolute atomic E-state index is 12.8. The summed E-state index contributed by atoms with van der Waals surface area (Å²) >= 11 is 0. The van der Waals surface area contributed by atoms with Crippen LogP contribution in [0.1, 0.15) is 34.9 Å². The Morgan fingerprint density at radius 1 is 1.10 bits per heavy atom. The number of anilines is 1. The van der Waals surface area contributed by atoms with Crippen LogP contribution in [0.25, 0.3) is 22.4 Å². The van der Waals surface area contributed by atoms with Crippen molar-refractivity contribution in [1.29, 1.82) is 0 Å². The van der Waals surface area contributed by atoms with Crippen LogP contribution in [0.3, 0.4) is 0 Å². The van der Waals surface area contributed by atoms with Gasteiger partial charge in [-0.05, 0) is 55.5 Å². The Bertz CT molecular complexity index is 1210. The number of H-pyrrole nitrogens is 1. The first-order valence-corrected chi connectivity index (χ1v) is 9.79. The zero-order chi connectivity index (χ0) is 20.1. The number of nitrogens with zero attached hydrogens (tertiary/aromatic N) is 3. The second-order valence-corrected chi connectivity index (χ2v) is 7.89. The number of fused-ring (bicyclic) bond motifs is 1. The van der Waals surface area contributed by atoms with E-state index in [0.29, 0.717) is 24.7 Å². The average molecular weight is 386 g/mol. The Hall–Kier alpha value is -3.41. The Kier molecular flexibility index (Phi) is 4.01. The summed E-state index contributed by atoms with van der Waals surface area (Å²) in [5.74, 6) is 1.09. The molecule has 29 heavy (non-hydrogen) atoms. The Morgan fingerprint density at radius 3 is 2.69 bits per heavy atom. The minimum absolute atomic E-state index is 0.0747. The number of aromatic nitrogens is 3. The lowest BCUT2D eigenvalue weighted by atomic mass is 10.0. The number of carbonyl (C=O) groups is 1. The molecule has 6 heteroatoms. The zero-order valence-corrected chi connectivity index (χ0v) is 16.7. The lowest BCUT2D eigenvalue weighted by Gasteiger charge is -2.22. The molecule has 1 atom stereocenters. The summed E-state index contributed by atoms with van der Waals surface area (Å²) in [5.41, 5.74) is 6.33. The molecular formula is C23H22N4O2. The Labute approximate surface area is 168 Å². The van der Waals surface area contributed by atoms with Crippen LogP contribution in [0.2, 0.25) is 0 Å². The maximum Gasteiger partial charge on any atom is 0.258 e. The fraction of sp³-hybridized carbons (Fsp3) is 0.261. The predicted octanol–water partition coefficient (Wildman–Crippen LogP) is 4.66. The Morgan fingerprint density at radius 2 is 1.90 bits per heavy atom. The first-order chi connectivity index (χ1) is 14.0. The molecule has 1 aliphatic rings. The third-order valence-electron chi connectivity index (χ3n) is 5.64. The molecule has 0 radical (unpaired) electrons. The highest BCUT2D eigenvalue weighted by Crippen LogP contribution is 2.35. The van der Waals surface area contributed by atoms with Gasteiger partial charge in [-0.1, -0.05) is 28.9 Å². The van der Waals surface area contributed by atoms with Crippen molar-refractivity contribution >= 4 is 22.5 Å². The molecule has 3 heterocycles. The van der Waals surface area contributed by atoms with E-state index in [9.17, 15) is 4.79 Å². The molecule has 4 aromatic rings. The van der Waals surface area contributed by atoms with E-state index in [-0.39, 0.29) is 11.8 Å². The van der Waals surface area contributed by atoms with Crippen LogP contribution < -0.4 is 4.90 Å². The third kappa shape index (κ3) is 3.01. The molecule has 1 fully saturated rings. The lowest BCUT2D eigenvalue weighted by Crippen LogP contribution is -2.26. The first-order valence-electron chi connectivity index (χ1n) is 9.79. The predicted molar refractivity (Wildman–Crippen MR) is 112 cm³/mol. The largest absolute Gasteiger partial charge is 0.361 e. The molecule has 5 rings (SSSR count). The molecule has 1 N–H and O–H groups in total. The molecule has 0 aliphatic carbocycles. The van der Waals surface area contributed by atoms with Gasteiger partial charge in [0.15, 0.2) is 5.82 Å². The summed E-state index contributed by atoms with van der Waals surface area (Å²) in [5, 5.41) is 5.32. The lowest BCUT2D eigenvalue weighted by molar-refractivity contribution is -0.117. The minimum Gasteiger partial charge on any atom is -0.361 e. The van der Waals surface area contributed by atoms with E-state index in [1.807, 2.05) is 35.4 Å². The smallest absolute Gasteiger partial charge is 0.258 e. The number of rotatable bonds is 3. The number of hydrogen-bond acceptors (Lipinski definition) is 4. The number of hydrogen-bond donors (Lipinski definition) is 1. The van der Waals surface area contributed by atoms with Crippen LogP contribution in [0.4, 0.5) is 5.69 Å². The standard InChI is InChI=1S/C23H22N4O2/c1-13-8-14(2)21(15(3)9-13)27-12-18(11-20(27)28)22-25-23(29-26-22)17-5-4-16-6-7-24-19(16)10-17/h4-10,18,24H,11-12H2,1-3H3. The van der Waals surface area contributed by atoms with E-state index in [1.165, 1.54) is 5.56 Å². The third-order valence-corrected chi connectivity index (χ3v) is 5.64. The number of amides is 1. The van der Waals surface area contributed by atoms with E-state index in [4.69, 9.17) is 4.52 Å². The summed E-state index contributed by atoms with van der Waals surface area (Å²) in [4.78, 5) is 22.4. The van der Waals surface area contributed by atoms with Gasteiger partial charge in [0.05, 0.1) is 0 Å². The summed E-state index contributed by atoms with van der Waals surface area (Å²) in [6, 6.07) is 12.2. The molecule has 1 saturated heterocycles. The molecule has 0 bridgehead atoms. The van der Waals surface area contributed by atoms with Crippen molar-refractivity contribution in [1.82, 2.24) is 15.1 Å². The van der Waals surface area contributed by atoms with Gasteiger partial charge in [0.25, 0.3) is 5.89 Å². The van der Waals surface area contributed by atoms with Gasteiger partial charge in [-0.2, -0.15) is 4.98 Å². The van der Waals surface area contributed by atoms with Crippen LogP contribution in [-0.4, -0.2) is 27.6 Å². The van der Waals surface area contributed by atoms with E-state index in [1.54, 1.807) is 0 Å². The van der Waals surface area contributed by atoms with Gasteiger partial charge in [-0.25, -0.2) is 0 Å². The van der Waals surface area contributed by atoms with Crippen molar-refractivity contribution in [3.63, 3.8) is 0 Å². The van der Waals surface area contributed by atoms with Crippen LogP contribution >= 0.6 is 0 Å². The second kappa shape index (κ2) is 6.58. The molecule has 1 unspecified atom stereocenters. The maximum atomic E-state index is 12.8. The number of carbonyl (C=O) groups excluding carboxylic acids is 1. The van der Waals surface area contributed by atoms with E-state index in [2.05, 4.69) is 48.0 Å². The van der Waals surface area contributed by atoms with E-state index in [0.717, 1.165) is 33.3 Å².